The van der Waals surface area contributed by atoms with E-state index in [1.54, 1.807) is 53.3 Å². The van der Waals surface area contributed by atoms with Crippen molar-refractivity contribution in [1.82, 2.24) is 9.80 Å². The molecule has 1 heterocycles. The van der Waals surface area contributed by atoms with E-state index >= 15 is 0 Å². The summed E-state index contributed by atoms with van der Waals surface area (Å²) in [6.07, 6.45) is 0.665. The topological polar surface area (TPSA) is 79.3 Å². The first-order valence-electron chi connectivity index (χ1n) is 9.13. The summed E-state index contributed by atoms with van der Waals surface area (Å²) in [5, 5.41) is 9.93. The van der Waals surface area contributed by atoms with E-state index in [0.717, 1.165) is 0 Å². The lowest BCUT2D eigenvalue weighted by molar-refractivity contribution is 0.0717. The zero-order valence-corrected chi connectivity index (χ0v) is 16.1. The minimum absolute atomic E-state index is 0.0324. The molecule has 1 fully saturated rings. The Bertz CT molecular complexity index is 868. The third-order valence-electron chi connectivity index (χ3n) is 4.84. The minimum atomic E-state index is -0.224. The number of benzene rings is 2. The predicted octanol–water partition coefficient (Wildman–Crippen LogP) is 2.40. The molecule has 148 valence electrons. The highest BCUT2D eigenvalue weighted by atomic mass is 16.5. The molecule has 0 bridgehead atoms. The van der Waals surface area contributed by atoms with Crippen LogP contribution < -0.4 is 9.47 Å². The molecule has 7 nitrogen and oxygen atoms in total. The molecule has 1 aliphatic rings. The normalized spacial score (nSPS) is 14.4. The van der Waals surface area contributed by atoms with Crippen molar-refractivity contribution in [2.24, 2.45) is 0 Å². The Morgan fingerprint density at radius 3 is 2.14 bits per heavy atom. The van der Waals surface area contributed by atoms with E-state index in [9.17, 15) is 14.7 Å². The van der Waals surface area contributed by atoms with Crippen LogP contribution in [0.15, 0.2) is 42.5 Å². The number of aromatic hydroxyl groups is 1. The molecule has 2 aromatic carbocycles. The molecular formula is C21H24N2O5. The second-order valence-corrected chi connectivity index (χ2v) is 6.52. The molecule has 1 saturated heterocycles. The van der Waals surface area contributed by atoms with Crippen molar-refractivity contribution in [3.63, 3.8) is 0 Å². The van der Waals surface area contributed by atoms with Crippen LogP contribution >= 0.6 is 0 Å². The fourth-order valence-corrected chi connectivity index (χ4v) is 3.30. The maximum Gasteiger partial charge on any atom is 0.257 e. The summed E-state index contributed by atoms with van der Waals surface area (Å²) in [6, 6.07) is 11.6. The second-order valence-electron chi connectivity index (χ2n) is 6.52. The van der Waals surface area contributed by atoms with Gasteiger partial charge in [0, 0.05) is 31.7 Å². The van der Waals surface area contributed by atoms with Gasteiger partial charge in [-0.3, -0.25) is 9.59 Å². The Labute approximate surface area is 164 Å². The maximum atomic E-state index is 12.9. The average Bonchev–Trinajstić information content (AvgIpc) is 2.99. The van der Waals surface area contributed by atoms with Crippen molar-refractivity contribution in [2.75, 3.05) is 40.4 Å². The van der Waals surface area contributed by atoms with Gasteiger partial charge in [0.25, 0.3) is 11.8 Å². The van der Waals surface area contributed by atoms with Crippen LogP contribution in [0.1, 0.15) is 27.1 Å². The van der Waals surface area contributed by atoms with Crippen LogP contribution in [-0.4, -0.2) is 67.1 Å². The smallest absolute Gasteiger partial charge is 0.257 e. The van der Waals surface area contributed by atoms with Gasteiger partial charge in [0.15, 0.2) is 11.5 Å². The van der Waals surface area contributed by atoms with Gasteiger partial charge in [-0.05, 0) is 36.8 Å². The molecule has 0 spiro atoms. The van der Waals surface area contributed by atoms with Crippen LogP contribution in [0.3, 0.4) is 0 Å². The minimum Gasteiger partial charge on any atom is -0.507 e. The molecule has 2 aromatic rings. The highest BCUT2D eigenvalue weighted by Crippen LogP contribution is 2.28. The van der Waals surface area contributed by atoms with Gasteiger partial charge in [-0.25, -0.2) is 0 Å². The summed E-state index contributed by atoms with van der Waals surface area (Å²) in [6.45, 7) is 1.92. The van der Waals surface area contributed by atoms with E-state index in [1.165, 1.54) is 13.2 Å². The number of carbonyl (C=O) groups excluding carboxylic acids is 2. The fraction of sp³-hybridized carbons (Fsp3) is 0.333. The fourth-order valence-electron chi connectivity index (χ4n) is 3.30. The summed E-state index contributed by atoms with van der Waals surface area (Å²) in [5.74, 6) is 0.695. The van der Waals surface area contributed by atoms with E-state index in [1.807, 2.05) is 0 Å². The Hall–Kier alpha value is -3.22. The molecule has 1 aliphatic heterocycles. The Kier molecular flexibility index (Phi) is 6.03. The number of phenols is 1. The molecule has 7 heteroatoms. The van der Waals surface area contributed by atoms with Crippen molar-refractivity contribution in [2.45, 2.75) is 6.42 Å². The number of hydrogen-bond acceptors (Lipinski definition) is 5. The van der Waals surface area contributed by atoms with Crippen molar-refractivity contribution in [3.8, 4) is 17.2 Å². The molecule has 28 heavy (non-hydrogen) atoms. The highest BCUT2D eigenvalue weighted by Gasteiger charge is 2.25. The molecule has 0 radical (unpaired) electrons. The number of rotatable bonds is 4. The number of hydrogen-bond donors (Lipinski definition) is 1. The zero-order valence-electron chi connectivity index (χ0n) is 16.1. The number of phenolic OH excluding ortho intramolecular Hbond substituents is 1. The summed E-state index contributed by atoms with van der Waals surface area (Å²) in [5.41, 5.74) is 0.792. The number of ether oxygens (including phenoxy) is 2. The SMILES string of the molecule is COc1ccc(C(=O)N2CCCN(C(=O)c3ccccc3O)CC2)cc1OC. The monoisotopic (exact) mass is 384 g/mol. The van der Waals surface area contributed by atoms with Crippen LogP contribution in [-0.2, 0) is 0 Å². The predicted molar refractivity (Wildman–Crippen MR) is 104 cm³/mol. The first-order valence-corrected chi connectivity index (χ1v) is 9.13. The quantitative estimate of drug-likeness (QED) is 0.876. The number of nitrogens with zero attached hydrogens (tertiary/aromatic N) is 2. The van der Waals surface area contributed by atoms with Crippen molar-refractivity contribution >= 4 is 11.8 Å². The lowest BCUT2D eigenvalue weighted by atomic mass is 10.1. The summed E-state index contributed by atoms with van der Waals surface area (Å²) >= 11 is 0. The molecular weight excluding hydrogens is 360 g/mol. The molecule has 3 rings (SSSR count). The van der Waals surface area contributed by atoms with Crippen molar-refractivity contribution in [3.05, 3.63) is 53.6 Å². The Morgan fingerprint density at radius 2 is 1.50 bits per heavy atom. The third kappa shape index (κ3) is 4.03. The summed E-state index contributed by atoms with van der Waals surface area (Å²) < 4.78 is 10.5. The van der Waals surface area contributed by atoms with Gasteiger partial charge in [-0.1, -0.05) is 12.1 Å². The van der Waals surface area contributed by atoms with Crippen LogP contribution in [0.25, 0.3) is 0 Å². The first-order chi connectivity index (χ1) is 13.5. The third-order valence-corrected chi connectivity index (χ3v) is 4.84. The van der Waals surface area contributed by atoms with Crippen LogP contribution in [0.2, 0.25) is 0 Å². The van der Waals surface area contributed by atoms with Crippen LogP contribution in [0, 0.1) is 0 Å². The van der Waals surface area contributed by atoms with Gasteiger partial charge in [0.1, 0.15) is 5.75 Å². The summed E-state index contributed by atoms with van der Waals surface area (Å²) in [7, 11) is 3.07. The molecule has 0 saturated carbocycles. The Morgan fingerprint density at radius 1 is 0.857 bits per heavy atom. The lowest BCUT2D eigenvalue weighted by Gasteiger charge is -2.23. The van der Waals surface area contributed by atoms with Gasteiger partial charge < -0.3 is 24.4 Å². The van der Waals surface area contributed by atoms with Gasteiger partial charge in [0.05, 0.1) is 19.8 Å². The molecule has 0 unspecified atom stereocenters. The second kappa shape index (κ2) is 8.65. The number of amides is 2. The zero-order chi connectivity index (χ0) is 20.1. The lowest BCUT2D eigenvalue weighted by Crippen LogP contribution is -2.37. The highest BCUT2D eigenvalue weighted by molar-refractivity contribution is 5.97. The van der Waals surface area contributed by atoms with E-state index < -0.39 is 0 Å². The van der Waals surface area contributed by atoms with E-state index in [0.29, 0.717) is 49.7 Å². The van der Waals surface area contributed by atoms with Crippen molar-refractivity contribution in [1.29, 1.82) is 0 Å². The van der Waals surface area contributed by atoms with E-state index in [2.05, 4.69) is 0 Å². The maximum absolute atomic E-state index is 12.9. The van der Waals surface area contributed by atoms with Gasteiger partial charge >= 0.3 is 0 Å². The molecule has 2 amide bonds. The van der Waals surface area contributed by atoms with Crippen LogP contribution in [0.5, 0.6) is 17.2 Å². The molecule has 1 N–H and O–H groups in total. The van der Waals surface area contributed by atoms with Gasteiger partial charge in [0.2, 0.25) is 0 Å². The standard InChI is InChI=1S/C21H24N2O5/c1-27-18-9-8-15(14-19(18)28-2)20(25)22-10-5-11-23(13-12-22)21(26)16-6-3-4-7-17(16)24/h3-4,6-9,14,24H,5,10-13H2,1-2H3. The Balaban J connectivity index is 1.70. The number of carbonyl (C=O) groups is 2. The van der Waals surface area contributed by atoms with Crippen LogP contribution in [0.4, 0.5) is 0 Å². The van der Waals surface area contributed by atoms with Gasteiger partial charge in [-0.15, -0.1) is 0 Å². The van der Waals surface area contributed by atoms with E-state index in [4.69, 9.17) is 9.47 Å². The first kappa shape index (κ1) is 19.5. The molecule has 0 atom stereocenters. The molecule has 0 aliphatic carbocycles. The van der Waals surface area contributed by atoms with Crippen molar-refractivity contribution < 1.29 is 24.2 Å². The summed E-state index contributed by atoms with van der Waals surface area (Å²) in [4.78, 5) is 29.0. The van der Waals surface area contributed by atoms with Gasteiger partial charge in [-0.2, -0.15) is 0 Å². The largest absolute Gasteiger partial charge is 0.507 e. The average molecular weight is 384 g/mol. The molecule has 0 aromatic heterocycles. The number of methoxy groups -OCH3 is 2. The number of para-hydroxylation sites is 1. The van der Waals surface area contributed by atoms with E-state index in [-0.39, 0.29) is 23.1 Å².